The Morgan fingerprint density at radius 2 is 2.29 bits per heavy atom. The summed E-state index contributed by atoms with van der Waals surface area (Å²) in [6.07, 6.45) is 7.02. The molecule has 0 saturated heterocycles. The summed E-state index contributed by atoms with van der Waals surface area (Å²) in [5.41, 5.74) is 4.36. The number of hydrogen-bond donors (Lipinski definition) is 1. The first-order valence-electron chi connectivity index (χ1n) is 5.14. The van der Waals surface area contributed by atoms with E-state index in [-0.39, 0.29) is 0 Å². The van der Waals surface area contributed by atoms with Gasteiger partial charge >= 0.3 is 0 Å². The largest absolute Gasteiger partial charge is 0.285 e. The number of fused-ring (bicyclic) bond motifs is 1. The van der Waals surface area contributed by atoms with Crippen molar-refractivity contribution in [3.8, 4) is 11.1 Å². The lowest BCUT2D eigenvalue weighted by Gasteiger charge is -2.03. The van der Waals surface area contributed by atoms with Gasteiger partial charge in [-0.05, 0) is 18.6 Å². The van der Waals surface area contributed by atoms with Gasteiger partial charge in [0.25, 0.3) is 0 Å². The standard InChI is InChI=1S/C12H9N5/c1-8-3-11-12(9-4-14-15-5-9)10(13-2)6-16-17(11)7-8/h3-7H,1H3,(H,14,15). The number of rotatable bonds is 1. The van der Waals surface area contributed by atoms with Gasteiger partial charge in [-0.25, -0.2) is 9.36 Å². The molecule has 0 atom stereocenters. The SMILES string of the molecule is [C-]#[N+]c1cnn2cc(C)cc2c1-c1cn[nH]c1. The Morgan fingerprint density at radius 1 is 1.41 bits per heavy atom. The molecule has 5 heteroatoms. The second kappa shape index (κ2) is 3.46. The number of hydrogen-bond acceptors (Lipinski definition) is 2. The summed E-state index contributed by atoms with van der Waals surface area (Å²) < 4.78 is 1.78. The van der Waals surface area contributed by atoms with Crippen molar-refractivity contribution in [2.24, 2.45) is 0 Å². The molecule has 0 aromatic carbocycles. The highest BCUT2D eigenvalue weighted by atomic mass is 15.2. The van der Waals surface area contributed by atoms with E-state index in [1.807, 2.05) is 19.2 Å². The van der Waals surface area contributed by atoms with Crippen LogP contribution in [-0.2, 0) is 0 Å². The van der Waals surface area contributed by atoms with Crippen LogP contribution in [0.2, 0.25) is 0 Å². The zero-order valence-electron chi connectivity index (χ0n) is 9.18. The van der Waals surface area contributed by atoms with Crippen LogP contribution in [0, 0.1) is 13.5 Å². The number of aromatic nitrogens is 4. The second-order valence-electron chi connectivity index (χ2n) is 3.85. The van der Waals surface area contributed by atoms with Crippen LogP contribution in [0.15, 0.2) is 30.9 Å². The molecular formula is C12H9N5. The summed E-state index contributed by atoms with van der Waals surface area (Å²) in [6, 6.07) is 2.02. The van der Waals surface area contributed by atoms with Crippen LogP contribution in [0.5, 0.6) is 0 Å². The van der Waals surface area contributed by atoms with E-state index in [2.05, 4.69) is 20.1 Å². The van der Waals surface area contributed by atoms with Crippen molar-refractivity contribution in [3.63, 3.8) is 0 Å². The minimum absolute atomic E-state index is 0.539. The molecule has 0 radical (unpaired) electrons. The number of aryl methyl sites for hydroxylation is 1. The smallest absolute Gasteiger partial charge is 0.216 e. The topological polar surface area (TPSA) is 50.3 Å². The predicted molar refractivity (Wildman–Crippen MR) is 63.8 cm³/mol. The Balaban J connectivity index is 2.44. The zero-order valence-corrected chi connectivity index (χ0v) is 9.18. The molecule has 0 fully saturated rings. The molecule has 17 heavy (non-hydrogen) atoms. The van der Waals surface area contributed by atoms with Gasteiger partial charge in [0.2, 0.25) is 5.69 Å². The molecule has 1 N–H and O–H groups in total. The lowest BCUT2D eigenvalue weighted by Crippen LogP contribution is -1.90. The van der Waals surface area contributed by atoms with Crippen molar-refractivity contribution < 1.29 is 0 Å². The number of H-pyrrole nitrogens is 1. The summed E-state index contributed by atoms with van der Waals surface area (Å²) in [5.74, 6) is 0. The predicted octanol–water partition coefficient (Wildman–Crippen LogP) is 2.58. The summed E-state index contributed by atoms with van der Waals surface area (Å²) in [7, 11) is 0. The van der Waals surface area contributed by atoms with Crippen molar-refractivity contribution >= 4 is 11.2 Å². The third-order valence-electron chi connectivity index (χ3n) is 2.66. The quantitative estimate of drug-likeness (QED) is 0.644. The van der Waals surface area contributed by atoms with Gasteiger partial charge in [-0.2, -0.15) is 10.2 Å². The first kappa shape index (κ1) is 9.60. The van der Waals surface area contributed by atoms with Gasteiger partial charge in [0.15, 0.2) is 0 Å². The van der Waals surface area contributed by atoms with E-state index in [9.17, 15) is 0 Å². The van der Waals surface area contributed by atoms with Gasteiger partial charge in [0, 0.05) is 23.5 Å². The molecule has 0 amide bonds. The lowest BCUT2D eigenvalue weighted by molar-refractivity contribution is 0.942. The van der Waals surface area contributed by atoms with E-state index < -0.39 is 0 Å². The van der Waals surface area contributed by atoms with Crippen LogP contribution in [-0.4, -0.2) is 19.8 Å². The van der Waals surface area contributed by atoms with E-state index in [4.69, 9.17) is 6.57 Å². The van der Waals surface area contributed by atoms with Gasteiger partial charge in [-0.15, -0.1) is 0 Å². The highest BCUT2D eigenvalue weighted by Crippen LogP contribution is 2.33. The molecule has 0 aliphatic heterocycles. The van der Waals surface area contributed by atoms with E-state index in [0.29, 0.717) is 5.69 Å². The first-order valence-corrected chi connectivity index (χ1v) is 5.14. The Labute approximate surface area is 97.5 Å². The van der Waals surface area contributed by atoms with Gasteiger partial charge < -0.3 is 0 Å². The molecule has 3 heterocycles. The molecule has 3 rings (SSSR count). The maximum absolute atomic E-state index is 7.21. The normalized spacial score (nSPS) is 10.6. The van der Waals surface area contributed by atoms with E-state index in [1.165, 1.54) is 0 Å². The molecule has 0 aliphatic carbocycles. The van der Waals surface area contributed by atoms with Gasteiger partial charge in [0.05, 0.1) is 24.5 Å². The summed E-state index contributed by atoms with van der Waals surface area (Å²) in [4.78, 5) is 3.52. The lowest BCUT2D eigenvalue weighted by atomic mass is 10.1. The fourth-order valence-corrected chi connectivity index (χ4v) is 1.94. The van der Waals surface area contributed by atoms with Crippen molar-refractivity contribution in [2.75, 3.05) is 0 Å². The van der Waals surface area contributed by atoms with Crippen molar-refractivity contribution in [1.82, 2.24) is 19.8 Å². The van der Waals surface area contributed by atoms with Crippen LogP contribution < -0.4 is 0 Å². The third kappa shape index (κ3) is 1.39. The summed E-state index contributed by atoms with van der Waals surface area (Å²) in [6.45, 7) is 9.22. The van der Waals surface area contributed by atoms with Crippen molar-refractivity contribution in [1.29, 1.82) is 0 Å². The number of nitrogens with zero attached hydrogens (tertiary/aromatic N) is 4. The van der Waals surface area contributed by atoms with Crippen LogP contribution in [0.1, 0.15) is 5.56 Å². The van der Waals surface area contributed by atoms with Crippen LogP contribution >= 0.6 is 0 Å². The first-order chi connectivity index (χ1) is 8.29. The Hall–Kier alpha value is -2.61. The molecular weight excluding hydrogens is 214 g/mol. The molecule has 82 valence electrons. The van der Waals surface area contributed by atoms with Crippen molar-refractivity contribution in [2.45, 2.75) is 6.92 Å². The molecule has 0 spiro atoms. The summed E-state index contributed by atoms with van der Waals surface area (Å²) >= 11 is 0. The molecule has 3 aromatic heterocycles. The zero-order chi connectivity index (χ0) is 11.8. The highest BCUT2D eigenvalue weighted by Gasteiger charge is 2.12. The average molecular weight is 223 g/mol. The molecule has 0 aliphatic rings. The van der Waals surface area contributed by atoms with Crippen LogP contribution in [0.25, 0.3) is 21.5 Å². The average Bonchev–Trinajstić information content (AvgIpc) is 2.94. The minimum atomic E-state index is 0.539. The Kier molecular flexibility index (Phi) is 1.95. The van der Waals surface area contributed by atoms with Gasteiger partial charge in [-0.1, -0.05) is 0 Å². The Bertz CT molecular complexity index is 715. The van der Waals surface area contributed by atoms with E-state index in [0.717, 1.165) is 22.2 Å². The monoisotopic (exact) mass is 223 g/mol. The maximum Gasteiger partial charge on any atom is 0.216 e. The van der Waals surface area contributed by atoms with Crippen LogP contribution in [0.4, 0.5) is 5.69 Å². The summed E-state index contributed by atoms with van der Waals surface area (Å²) in [5, 5.41) is 10.9. The molecule has 0 bridgehead atoms. The minimum Gasteiger partial charge on any atom is -0.285 e. The molecule has 5 nitrogen and oxygen atoms in total. The van der Waals surface area contributed by atoms with Crippen LogP contribution in [0.3, 0.4) is 0 Å². The third-order valence-corrected chi connectivity index (χ3v) is 2.66. The molecule has 0 saturated carbocycles. The second-order valence-corrected chi connectivity index (χ2v) is 3.85. The van der Waals surface area contributed by atoms with Gasteiger partial charge in [0.1, 0.15) is 0 Å². The van der Waals surface area contributed by atoms with E-state index in [1.54, 1.807) is 23.1 Å². The number of aromatic amines is 1. The Morgan fingerprint density at radius 3 is 3.00 bits per heavy atom. The van der Waals surface area contributed by atoms with E-state index >= 15 is 0 Å². The molecule has 3 aromatic rings. The molecule has 0 unspecified atom stereocenters. The fraction of sp³-hybridized carbons (Fsp3) is 0.0833. The fourth-order valence-electron chi connectivity index (χ4n) is 1.94. The van der Waals surface area contributed by atoms with Gasteiger partial charge in [-0.3, -0.25) is 5.10 Å². The number of nitrogens with one attached hydrogen (secondary N) is 1. The highest BCUT2D eigenvalue weighted by molar-refractivity contribution is 5.90. The maximum atomic E-state index is 7.21. The van der Waals surface area contributed by atoms with Crippen molar-refractivity contribution in [3.05, 3.63) is 47.8 Å².